The van der Waals surface area contributed by atoms with Crippen LogP contribution in [0.25, 0.3) is 0 Å². The lowest BCUT2D eigenvalue weighted by Crippen LogP contribution is -2.22. The minimum Gasteiger partial charge on any atom is -0.452 e. The number of para-hydroxylation sites is 1. The molecule has 0 bridgehead atoms. The Bertz CT molecular complexity index is 963. The average molecular weight is 421 g/mol. The maximum absolute atomic E-state index is 12.5. The van der Waals surface area contributed by atoms with Crippen molar-refractivity contribution in [3.63, 3.8) is 0 Å². The molecule has 2 N–H and O–H groups in total. The summed E-state index contributed by atoms with van der Waals surface area (Å²) in [6.07, 6.45) is -0.253. The molecule has 0 heterocycles. The standard InChI is InChI=1S/C24H27N3O4/c1-15(2)19-6-5-7-20(16(3)4)23(19)27-22(29)14-31-24(30)17-8-10-18(11-9-17)26-21(28)12-13-25/h5-11,15-16H,12,14H2,1-4H3,(H,26,28)(H,27,29). The van der Waals surface area contributed by atoms with Gasteiger partial charge in [0.1, 0.15) is 6.42 Å². The van der Waals surface area contributed by atoms with Gasteiger partial charge in [-0.3, -0.25) is 9.59 Å². The smallest absolute Gasteiger partial charge is 0.338 e. The van der Waals surface area contributed by atoms with E-state index in [4.69, 9.17) is 10.00 Å². The Balaban J connectivity index is 2.00. The van der Waals surface area contributed by atoms with Crippen LogP contribution < -0.4 is 10.6 Å². The Kier molecular flexibility index (Phi) is 8.33. The lowest BCUT2D eigenvalue weighted by atomic mass is 9.92. The number of nitrogens with zero attached hydrogens (tertiary/aromatic N) is 1. The molecule has 0 saturated carbocycles. The topological polar surface area (TPSA) is 108 Å². The van der Waals surface area contributed by atoms with E-state index < -0.39 is 24.4 Å². The summed E-state index contributed by atoms with van der Waals surface area (Å²) in [5.74, 6) is -1.04. The largest absolute Gasteiger partial charge is 0.452 e. The first kappa shape index (κ1) is 23.6. The van der Waals surface area contributed by atoms with E-state index in [1.54, 1.807) is 6.07 Å². The summed E-state index contributed by atoms with van der Waals surface area (Å²) in [6, 6.07) is 13.7. The monoisotopic (exact) mass is 421 g/mol. The van der Waals surface area contributed by atoms with Gasteiger partial charge in [-0.15, -0.1) is 0 Å². The van der Waals surface area contributed by atoms with E-state index in [2.05, 4.69) is 38.3 Å². The zero-order chi connectivity index (χ0) is 23.0. The molecule has 0 aliphatic carbocycles. The van der Waals surface area contributed by atoms with Crippen molar-refractivity contribution in [2.45, 2.75) is 46.0 Å². The third kappa shape index (κ3) is 6.68. The summed E-state index contributed by atoms with van der Waals surface area (Å²) in [5, 5.41) is 13.9. The van der Waals surface area contributed by atoms with E-state index in [1.165, 1.54) is 24.3 Å². The maximum atomic E-state index is 12.5. The van der Waals surface area contributed by atoms with Gasteiger partial charge in [-0.2, -0.15) is 5.26 Å². The molecule has 0 aliphatic heterocycles. The molecule has 7 nitrogen and oxygen atoms in total. The highest BCUT2D eigenvalue weighted by molar-refractivity contribution is 5.97. The molecule has 2 rings (SSSR count). The van der Waals surface area contributed by atoms with Crippen LogP contribution in [-0.4, -0.2) is 24.4 Å². The number of carbonyl (C=O) groups excluding carboxylic acids is 3. The third-order valence-corrected chi connectivity index (χ3v) is 4.62. The van der Waals surface area contributed by atoms with E-state index in [9.17, 15) is 14.4 Å². The average Bonchev–Trinajstić information content (AvgIpc) is 2.72. The molecule has 0 unspecified atom stereocenters. The molecule has 0 fully saturated rings. The predicted molar refractivity (Wildman–Crippen MR) is 119 cm³/mol. The van der Waals surface area contributed by atoms with Crippen molar-refractivity contribution in [3.8, 4) is 6.07 Å². The number of benzene rings is 2. The van der Waals surface area contributed by atoms with E-state index in [0.29, 0.717) is 5.69 Å². The van der Waals surface area contributed by atoms with Crippen molar-refractivity contribution in [2.24, 2.45) is 0 Å². The van der Waals surface area contributed by atoms with Gasteiger partial charge >= 0.3 is 5.97 Å². The quantitative estimate of drug-likeness (QED) is 0.607. The predicted octanol–water partition coefficient (Wildman–Crippen LogP) is 4.58. The van der Waals surface area contributed by atoms with Gasteiger partial charge in [0.05, 0.1) is 11.6 Å². The van der Waals surface area contributed by atoms with Crippen molar-refractivity contribution < 1.29 is 19.1 Å². The van der Waals surface area contributed by atoms with Gasteiger partial charge < -0.3 is 15.4 Å². The lowest BCUT2D eigenvalue weighted by molar-refractivity contribution is -0.119. The van der Waals surface area contributed by atoms with Gasteiger partial charge in [0, 0.05) is 11.4 Å². The maximum Gasteiger partial charge on any atom is 0.338 e. The summed E-state index contributed by atoms with van der Waals surface area (Å²) in [6.45, 7) is 7.82. The zero-order valence-corrected chi connectivity index (χ0v) is 18.2. The molecule has 2 amide bonds. The molecule has 31 heavy (non-hydrogen) atoms. The SMILES string of the molecule is CC(C)c1cccc(C(C)C)c1NC(=O)COC(=O)c1ccc(NC(=O)CC#N)cc1. The molecule has 0 spiro atoms. The Labute approximate surface area is 182 Å². The van der Waals surface area contributed by atoms with E-state index in [1.807, 2.05) is 18.2 Å². The lowest BCUT2D eigenvalue weighted by Gasteiger charge is -2.20. The third-order valence-electron chi connectivity index (χ3n) is 4.62. The number of rotatable bonds is 8. The Hall–Kier alpha value is -3.66. The molecule has 0 saturated heterocycles. The summed E-state index contributed by atoms with van der Waals surface area (Å²) in [5.41, 5.74) is 3.53. The van der Waals surface area contributed by atoms with Crippen LogP contribution in [0.5, 0.6) is 0 Å². The van der Waals surface area contributed by atoms with Crippen LogP contribution in [0.2, 0.25) is 0 Å². The second-order valence-electron chi connectivity index (χ2n) is 7.71. The van der Waals surface area contributed by atoms with Crippen molar-refractivity contribution in [1.29, 1.82) is 5.26 Å². The normalized spacial score (nSPS) is 10.5. The molecule has 7 heteroatoms. The van der Waals surface area contributed by atoms with Crippen LogP contribution in [0.15, 0.2) is 42.5 Å². The van der Waals surface area contributed by atoms with Crippen molar-refractivity contribution in [3.05, 3.63) is 59.2 Å². The first-order valence-electron chi connectivity index (χ1n) is 10.1. The number of amides is 2. The molecular formula is C24H27N3O4. The number of ether oxygens (including phenoxy) is 1. The fourth-order valence-corrected chi connectivity index (χ4v) is 3.05. The first-order valence-corrected chi connectivity index (χ1v) is 10.1. The van der Waals surface area contributed by atoms with Gasteiger partial charge in [-0.05, 0) is 47.2 Å². The van der Waals surface area contributed by atoms with Crippen molar-refractivity contribution in [2.75, 3.05) is 17.2 Å². The van der Waals surface area contributed by atoms with Gasteiger partial charge in [-0.1, -0.05) is 45.9 Å². The van der Waals surface area contributed by atoms with Crippen LogP contribution in [0.1, 0.15) is 67.4 Å². The van der Waals surface area contributed by atoms with Crippen LogP contribution in [0.3, 0.4) is 0 Å². The van der Waals surface area contributed by atoms with Crippen LogP contribution in [0.4, 0.5) is 11.4 Å². The Morgan fingerprint density at radius 2 is 1.48 bits per heavy atom. The number of hydrogen-bond acceptors (Lipinski definition) is 5. The molecule has 2 aromatic rings. The summed E-state index contributed by atoms with van der Waals surface area (Å²) < 4.78 is 5.14. The molecule has 0 atom stereocenters. The highest BCUT2D eigenvalue weighted by atomic mass is 16.5. The molecule has 162 valence electrons. The van der Waals surface area contributed by atoms with Crippen LogP contribution >= 0.6 is 0 Å². The number of hydrogen-bond donors (Lipinski definition) is 2. The van der Waals surface area contributed by atoms with E-state index in [0.717, 1.165) is 16.8 Å². The van der Waals surface area contributed by atoms with Gasteiger partial charge in [0.2, 0.25) is 5.91 Å². The minimum atomic E-state index is -0.647. The van der Waals surface area contributed by atoms with Crippen LogP contribution in [0, 0.1) is 11.3 Å². The van der Waals surface area contributed by atoms with E-state index >= 15 is 0 Å². The highest BCUT2D eigenvalue weighted by Crippen LogP contribution is 2.32. The zero-order valence-electron chi connectivity index (χ0n) is 18.2. The minimum absolute atomic E-state index is 0.226. The van der Waals surface area contributed by atoms with Crippen molar-refractivity contribution >= 4 is 29.2 Å². The molecule has 0 aliphatic rings. The Morgan fingerprint density at radius 1 is 0.903 bits per heavy atom. The van der Waals surface area contributed by atoms with Crippen molar-refractivity contribution in [1.82, 2.24) is 0 Å². The fraction of sp³-hybridized carbons (Fsp3) is 0.333. The highest BCUT2D eigenvalue weighted by Gasteiger charge is 2.17. The molecule has 0 aromatic heterocycles. The Morgan fingerprint density at radius 3 is 2.00 bits per heavy atom. The molecular weight excluding hydrogens is 394 g/mol. The molecule has 2 aromatic carbocycles. The number of nitriles is 1. The van der Waals surface area contributed by atoms with Crippen LogP contribution in [-0.2, 0) is 14.3 Å². The summed E-state index contributed by atoms with van der Waals surface area (Å²) in [7, 11) is 0. The van der Waals surface area contributed by atoms with E-state index in [-0.39, 0.29) is 23.8 Å². The van der Waals surface area contributed by atoms with Gasteiger partial charge in [-0.25, -0.2) is 4.79 Å². The fourth-order valence-electron chi connectivity index (χ4n) is 3.05. The number of esters is 1. The number of nitrogens with one attached hydrogen (secondary N) is 2. The summed E-state index contributed by atoms with van der Waals surface area (Å²) >= 11 is 0. The molecule has 0 radical (unpaired) electrons. The van der Waals surface area contributed by atoms with Gasteiger partial charge in [0.25, 0.3) is 5.91 Å². The second-order valence-corrected chi connectivity index (χ2v) is 7.71. The number of carbonyl (C=O) groups is 3. The van der Waals surface area contributed by atoms with Gasteiger partial charge in [0.15, 0.2) is 6.61 Å². The second kappa shape index (κ2) is 10.9. The first-order chi connectivity index (χ1) is 14.7. The number of anilines is 2. The summed E-state index contributed by atoms with van der Waals surface area (Å²) in [4.78, 5) is 36.1.